The highest BCUT2D eigenvalue weighted by Crippen LogP contribution is 2.33. The molecule has 0 spiro atoms. The Morgan fingerprint density at radius 1 is 1.43 bits per heavy atom. The third-order valence-corrected chi connectivity index (χ3v) is 4.82. The van der Waals surface area contributed by atoms with E-state index in [1.165, 1.54) is 0 Å². The van der Waals surface area contributed by atoms with Crippen LogP contribution in [-0.4, -0.2) is 30.1 Å². The summed E-state index contributed by atoms with van der Waals surface area (Å²) in [4.78, 5) is 16.5. The molecular formula is C17H21NO4S. The van der Waals surface area contributed by atoms with Crippen molar-refractivity contribution >= 4 is 27.5 Å². The zero-order valence-corrected chi connectivity index (χ0v) is 14.4. The number of hydrogen-bond acceptors (Lipinski definition) is 6. The van der Waals surface area contributed by atoms with E-state index in [-0.39, 0.29) is 24.5 Å². The average molecular weight is 335 g/mol. The third-order valence-electron chi connectivity index (χ3n) is 3.87. The standard InChI is InChI=1S/C17H21NO4S/c1-4-20-16(19)8-13(9-17-21-11(3)22-17)12-5-6-15-14(7-12)18-10(2)23-15/h5-7,11,13,17H,4,8-9H2,1-3H3. The van der Waals surface area contributed by atoms with E-state index in [1.54, 1.807) is 11.3 Å². The van der Waals surface area contributed by atoms with Gasteiger partial charge in [-0.25, -0.2) is 4.98 Å². The molecule has 3 rings (SSSR count). The minimum Gasteiger partial charge on any atom is -0.466 e. The predicted octanol–water partition coefficient (Wildman–Crippen LogP) is 3.75. The number of aryl methyl sites for hydroxylation is 1. The second kappa shape index (κ2) is 6.95. The number of carbonyl (C=O) groups excluding carboxylic acids is 1. The highest BCUT2D eigenvalue weighted by Gasteiger charge is 2.31. The number of hydrogen-bond donors (Lipinski definition) is 0. The molecule has 124 valence electrons. The van der Waals surface area contributed by atoms with Gasteiger partial charge in [0.15, 0.2) is 12.6 Å². The number of thiazole rings is 1. The molecule has 1 unspecified atom stereocenters. The van der Waals surface area contributed by atoms with Crippen molar-refractivity contribution in [3.8, 4) is 0 Å². The summed E-state index contributed by atoms with van der Waals surface area (Å²) in [5.41, 5.74) is 2.05. The topological polar surface area (TPSA) is 57.7 Å². The first-order chi connectivity index (χ1) is 11.0. The van der Waals surface area contributed by atoms with E-state index in [0.717, 1.165) is 20.8 Å². The van der Waals surface area contributed by atoms with Crippen LogP contribution in [0.2, 0.25) is 0 Å². The van der Waals surface area contributed by atoms with Gasteiger partial charge in [-0.1, -0.05) is 6.07 Å². The Bertz CT molecular complexity index is 693. The highest BCUT2D eigenvalue weighted by atomic mass is 32.1. The molecule has 0 amide bonds. The summed E-state index contributed by atoms with van der Waals surface area (Å²) < 4.78 is 17.3. The lowest BCUT2D eigenvalue weighted by atomic mass is 9.91. The molecule has 0 N–H and O–H groups in total. The van der Waals surface area contributed by atoms with Crippen LogP contribution >= 0.6 is 11.3 Å². The Morgan fingerprint density at radius 2 is 2.22 bits per heavy atom. The second-order valence-corrected chi connectivity index (χ2v) is 6.91. The molecule has 23 heavy (non-hydrogen) atoms. The molecule has 1 aliphatic heterocycles. The molecule has 1 saturated heterocycles. The zero-order chi connectivity index (χ0) is 16.4. The van der Waals surface area contributed by atoms with Crippen LogP contribution in [-0.2, 0) is 19.0 Å². The maximum atomic E-state index is 11.9. The smallest absolute Gasteiger partial charge is 0.306 e. The number of rotatable bonds is 6. The molecule has 1 aromatic heterocycles. The molecule has 2 aromatic rings. The van der Waals surface area contributed by atoms with E-state index in [2.05, 4.69) is 23.2 Å². The second-order valence-electron chi connectivity index (χ2n) is 5.67. The molecule has 1 atom stereocenters. The van der Waals surface area contributed by atoms with Gasteiger partial charge >= 0.3 is 5.97 Å². The first kappa shape index (κ1) is 16.4. The van der Waals surface area contributed by atoms with E-state index in [1.807, 2.05) is 20.8 Å². The minimum absolute atomic E-state index is 0.00189. The Hall–Kier alpha value is -1.50. The number of nitrogens with zero attached hydrogens (tertiary/aromatic N) is 1. The summed E-state index contributed by atoms with van der Waals surface area (Å²) >= 11 is 1.67. The number of aromatic nitrogens is 1. The number of carbonyl (C=O) groups is 1. The van der Waals surface area contributed by atoms with Crippen molar-refractivity contribution < 1.29 is 19.0 Å². The number of ether oxygens (including phenoxy) is 3. The van der Waals surface area contributed by atoms with Crippen molar-refractivity contribution in [2.24, 2.45) is 0 Å². The van der Waals surface area contributed by atoms with Crippen LogP contribution in [0.15, 0.2) is 18.2 Å². The van der Waals surface area contributed by atoms with Crippen LogP contribution in [0.25, 0.3) is 10.2 Å². The van der Waals surface area contributed by atoms with Gasteiger partial charge in [-0.05, 0) is 44.4 Å². The van der Waals surface area contributed by atoms with Crippen LogP contribution < -0.4 is 0 Å². The van der Waals surface area contributed by atoms with E-state index < -0.39 is 0 Å². The van der Waals surface area contributed by atoms with Gasteiger partial charge in [-0.2, -0.15) is 0 Å². The maximum Gasteiger partial charge on any atom is 0.306 e. The molecule has 5 nitrogen and oxygen atoms in total. The minimum atomic E-state index is -0.253. The summed E-state index contributed by atoms with van der Waals surface area (Å²) in [5.74, 6) is -0.197. The quantitative estimate of drug-likeness (QED) is 0.753. The molecule has 1 aromatic carbocycles. The normalized spacial score (nSPS) is 21.9. The zero-order valence-electron chi connectivity index (χ0n) is 13.6. The fourth-order valence-corrected chi connectivity index (χ4v) is 3.66. The van der Waals surface area contributed by atoms with Gasteiger partial charge in [-0.15, -0.1) is 11.3 Å². The molecule has 1 aliphatic rings. The van der Waals surface area contributed by atoms with Gasteiger partial charge in [0.05, 0.1) is 28.3 Å². The van der Waals surface area contributed by atoms with Gasteiger partial charge in [0.25, 0.3) is 0 Å². The van der Waals surface area contributed by atoms with E-state index in [4.69, 9.17) is 14.2 Å². The lowest BCUT2D eigenvalue weighted by molar-refractivity contribution is -0.378. The third kappa shape index (κ3) is 3.88. The number of fused-ring (bicyclic) bond motifs is 1. The predicted molar refractivity (Wildman–Crippen MR) is 88.4 cm³/mol. The molecule has 0 aliphatic carbocycles. The van der Waals surface area contributed by atoms with Crippen molar-refractivity contribution in [3.63, 3.8) is 0 Å². The van der Waals surface area contributed by atoms with Crippen molar-refractivity contribution in [1.82, 2.24) is 4.98 Å². The monoisotopic (exact) mass is 335 g/mol. The fourth-order valence-electron chi connectivity index (χ4n) is 2.85. The van der Waals surface area contributed by atoms with Gasteiger partial charge in [-0.3, -0.25) is 4.79 Å². The van der Waals surface area contributed by atoms with Crippen molar-refractivity contribution in [2.75, 3.05) is 6.61 Å². The first-order valence-corrected chi connectivity index (χ1v) is 8.70. The molecule has 6 heteroatoms. The van der Waals surface area contributed by atoms with Gasteiger partial charge < -0.3 is 14.2 Å². The largest absolute Gasteiger partial charge is 0.466 e. The summed E-state index contributed by atoms with van der Waals surface area (Å²) in [7, 11) is 0. The molecule has 0 bridgehead atoms. The fraction of sp³-hybridized carbons (Fsp3) is 0.529. The van der Waals surface area contributed by atoms with Gasteiger partial charge in [0.2, 0.25) is 0 Å². The SMILES string of the molecule is CCOC(=O)CC(CC1OC(C)O1)c1ccc2sc(C)nc2c1. The molecule has 1 fully saturated rings. The summed E-state index contributed by atoms with van der Waals surface area (Å²) in [5, 5.41) is 1.04. The Labute approximate surface area is 139 Å². The van der Waals surface area contributed by atoms with Crippen LogP contribution in [0, 0.1) is 6.92 Å². The van der Waals surface area contributed by atoms with E-state index >= 15 is 0 Å². The molecule has 0 saturated carbocycles. The van der Waals surface area contributed by atoms with Gasteiger partial charge in [0.1, 0.15) is 0 Å². The van der Waals surface area contributed by atoms with Crippen molar-refractivity contribution in [2.45, 2.75) is 52.1 Å². The summed E-state index contributed by atoms with van der Waals surface area (Å²) in [6.45, 7) is 6.07. The van der Waals surface area contributed by atoms with Crippen LogP contribution in [0.4, 0.5) is 0 Å². The average Bonchev–Trinajstić information content (AvgIpc) is 2.84. The Kier molecular flexibility index (Phi) is 4.94. The van der Waals surface area contributed by atoms with E-state index in [9.17, 15) is 4.79 Å². The summed E-state index contributed by atoms with van der Waals surface area (Å²) in [6, 6.07) is 6.19. The lowest BCUT2D eigenvalue weighted by Crippen LogP contribution is -2.39. The van der Waals surface area contributed by atoms with Crippen LogP contribution in [0.3, 0.4) is 0 Å². The van der Waals surface area contributed by atoms with Crippen LogP contribution in [0.5, 0.6) is 0 Å². The van der Waals surface area contributed by atoms with Crippen LogP contribution in [0.1, 0.15) is 43.2 Å². The Morgan fingerprint density at radius 3 is 2.91 bits per heavy atom. The van der Waals surface area contributed by atoms with Gasteiger partial charge in [0, 0.05) is 6.42 Å². The van der Waals surface area contributed by atoms with Crippen molar-refractivity contribution in [3.05, 3.63) is 28.8 Å². The van der Waals surface area contributed by atoms with Crippen molar-refractivity contribution in [1.29, 1.82) is 0 Å². The molecule has 2 heterocycles. The highest BCUT2D eigenvalue weighted by molar-refractivity contribution is 7.18. The maximum absolute atomic E-state index is 11.9. The number of esters is 1. The lowest BCUT2D eigenvalue weighted by Gasteiger charge is -2.35. The molecule has 0 radical (unpaired) electrons. The number of benzene rings is 1. The molecular weight excluding hydrogens is 314 g/mol. The Balaban J connectivity index is 1.80. The van der Waals surface area contributed by atoms with E-state index in [0.29, 0.717) is 19.4 Å². The summed E-state index contributed by atoms with van der Waals surface area (Å²) in [6.07, 6.45) is 0.543. The first-order valence-electron chi connectivity index (χ1n) is 7.88.